The Morgan fingerprint density at radius 3 is 2.38 bits per heavy atom. The highest BCUT2D eigenvalue weighted by Gasteiger charge is 2.49. The van der Waals surface area contributed by atoms with E-state index in [9.17, 15) is 21.6 Å². The van der Waals surface area contributed by atoms with E-state index >= 15 is 0 Å². The summed E-state index contributed by atoms with van der Waals surface area (Å²) in [7, 11) is -2.88. The van der Waals surface area contributed by atoms with E-state index in [1.165, 1.54) is 42.3 Å². The van der Waals surface area contributed by atoms with Crippen LogP contribution in [0, 0.1) is 0 Å². The standard InChI is InChI=1S/C16H13F3N2O4S/c1-21-13(8-9-20-21)12-7-6-10-11(4-3-5-14(10)24-2)15(12)25-26(22,23)16(17,18)19/h3-9H,1-2H3. The Bertz CT molecular complexity index is 1070. The number of ether oxygens (including phenoxy) is 1. The van der Waals surface area contributed by atoms with Crippen LogP contribution >= 0.6 is 0 Å². The van der Waals surface area contributed by atoms with Gasteiger partial charge in [0.05, 0.1) is 12.8 Å². The van der Waals surface area contributed by atoms with Crippen LogP contribution in [0.15, 0.2) is 42.6 Å². The number of benzene rings is 2. The molecule has 0 unspecified atom stereocenters. The van der Waals surface area contributed by atoms with Crippen molar-refractivity contribution in [3.63, 3.8) is 0 Å². The molecule has 1 heterocycles. The number of fused-ring (bicyclic) bond motifs is 1. The number of aryl methyl sites for hydroxylation is 1. The lowest BCUT2D eigenvalue weighted by Crippen LogP contribution is -2.28. The van der Waals surface area contributed by atoms with Gasteiger partial charge in [0.2, 0.25) is 0 Å². The molecule has 1 aromatic heterocycles. The van der Waals surface area contributed by atoms with Crippen LogP contribution in [0.3, 0.4) is 0 Å². The van der Waals surface area contributed by atoms with Gasteiger partial charge in [0.1, 0.15) is 5.75 Å². The second-order valence-corrected chi connectivity index (χ2v) is 6.86. The second-order valence-electron chi connectivity index (χ2n) is 5.32. The summed E-state index contributed by atoms with van der Waals surface area (Å²) < 4.78 is 73.0. The SMILES string of the molecule is COc1cccc2c(OS(=O)(=O)C(F)(F)F)c(-c3ccnn3C)ccc12. The maximum Gasteiger partial charge on any atom is 0.534 e. The lowest BCUT2D eigenvalue weighted by Gasteiger charge is -2.16. The molecule has 0 N–H and O–H groups in total. The molecule has 0 saturated carbocycles. The number of hydrogen-bond acceptors (Lipinski definition) is 5. The van der Waals surface area contributed by atoms with Gasteiger partial charge in [-0.15, -0.1) is 0 Å². The predicted octanol–water partition coefficient (Wildman–Crippen LogP) is 3.48. The maximum atomic E-state index is 12.9. The molecular weight excluding hydrogens is 373 g/mol. The van der Waals surface area contributed by atoms with Crippen LogP contribution in [0.2, 0.25) is 0 Å². The summed E-state index contributed by atoms with van der Waals surface area (Å²) in [5, 5.41) is 4.53. The highest BCUT2D eigenvalue weighted by molar-refractivity contribution is 7.88. The van der Waals surface area contributed by atoms with Crippen LogP contribution in [0.5, 0.6) is 11.5 Å². The fourth-order valence-corrected chi connectivity index (χ4v) is 3.06. The number of rotatable bonds is 4. The smallest absolute Gasteiger partial charge is 0.496 e. The molecule has 0 spiro atoms. The van der Waals surface area contributed by atoms with Gasteiger partial charge in [-0.25, -0.2) is 0 Å². The van der Waals surface area contributed by atoms with E-state index in [4.69, 9.17) is 4.74 Å². The second kappa shape index (κ2) is 6.20. The molecule has 0 radical (unpaired) electrons. The number of alkyl halides is 3. The van der Waals surface area contributed by atoms with Crippen LogP contribution in [-0.2, 0) is 17.2 Å². The summed E-state index contributed by atoms with van der Waals surface area (Å²) >= 11 is 0. The minimum atomic E-state index is -5.86. The zero-order chi connectivity index (χ0) is 19.1. The molecule has 2 aromatic carbocycles. The van der Waals surface area contributed by atoms with Crippen LogP contribution in [0.1, 0.15) is 0 Å². The van der Waals surface area contributed by atoms with E-state index in [1.54, 1.807) is 19.2 Å². The van der Waals surface area contributed by atoms with E-state index in [0.29, 0.717) is 16.8 Å². The maximum absolute atomic E-state index is 12.9. The van der Waals surface area contributed by atoms with Crippen molar-refractivity contribution in [3.8, 4) is 22.8 Å². The van der Waals surface area contributed by atoms with Gasteiger partial charge in [-0.05, 0) is 24.3 Å². The third kappa shape index (κ3) is 2.96. The molecule has 0 atom stereocenters. The molecule has 0 aliphatic heterocycles. The number of aromatic nitrogens is 2. The normalized spacial score (nSPS) is 12.3. The van der Waals surface area contributed by atoms with Crippen molar-refractivity contribution < 1.29 is 30.5 Å². The first-order valence-corrected chi connectivity index (χ1v) is 8.65. The summed E-state index contributed by atoms with van der Waals surface area (Å²) in [4.78, 5) is 0. The lowest BCUT2D eigenvalue weighted by molar-refractivity contribution is -0.0499. The van der Waals surface area contributed by atoms with Gasteiger partial charge in [-0.1, -0.05) is 12.1 Å². The van der Waals surface area contributed by atoms with Crippen LogP contribution in [-0.4, -0.2) is 30.8 Å². The van der Waals surface area contributed by atoms with Gasteiger partial charge < -0.3 is 8.92 Å². The van der Waals surface area contributed by atoms with E-state index in [2.05, 4.69) is 9.28 Å². The molecule has 0 saturated heterocycles. The average molecular weight is 386 g/mol. The van der Waals surface area contributed by atoms with Crippen molar-refractivity contribution in [3.05, 3.63) is 42.6 Å². The highest BCUT2D eigenvalue weighted by Crippen LogP contribution is 2.41. The van der Waals surface area contributed by atoms with E-state index in [-0.39, 0.29) is 10.9 Å². The van der Waals surface area contributed by atoms with Crippen molar-refractivity contribution in [2.45, 2.75) is 5.51 Å². The van der Waals surface area contributed by atoms with Crippen molar-refractivity contribution in [1.29, 1.82) is 0 Å². The summed E-state index contributed by atoms with van der Waals surface area (Å²) in [5.41, 5.74) is -5.02. The topological polar surface area (TPSA) is 70.4 Å². The Morgan fingerprint density at radius 2 is 1.81 bits per heavy atom. The summed E-state index contributed by atoms with van der Waals surface area (Å²) in [5.74, 6) is -0.0735. The van der Waals surface area contributed by atoms with Gasteiger partial charge in [0, 0.05) is 29.6 Å². The molecule has 3 aromatic rings. The van der Waals surface area contributed by atoms with Crippen LogP contribution < -0.4 is 8.92 Å². The fourth-order valence-electron chi connectivity index (χ4n) is 2.57. The molecule has 0 amide bonds. The molecule has 0 bridgehead atoms. The Hall–Kier alpha value is -2.75. The number of halogens is 3. The Balaban J connectivity index is 2.34. The van der Waals surface area contributed by atoms with Crippen LogP contribution in [0.25, 0.3) is 22.0 Å². The Morgan fingerprint density at radius 1 is 1.08 bits per heavy atom. The Labute approximate surface area is 146 Å². The van der Waals surface area contributed by atoms with Gasteiger partial charge in [0.25, 0.3) is 0 Å². The number of nitrogens with zero attached hydrogens (tertiary/aromatic N) is 2. The molecule has 3 rings (SSSR count). The number of methoxy groups -OCH3 is 1. The molecule has 138 valence electrons. The molecular formula is C16H13F3N2O4S. The first kappa shape index (κ1) is 18.1. The van der Waals surface area contributed by atoms with Crippen molar-refractivity contribution >= 4 is 20.9 Å². The zero-order valence-electron chi connectivity index (χ0n) is 13.6. The first-order valence-electron chi connectivity index (χ1n) is 7.24. The molecule has 10 heteroatoms. The van der Waals surface area contributed by atoms with Gasteiger partial charge >= 0.3 is 15.6 Å². The van der Waals surface area contributed by atoms with Gasteiger partial charge in [-0.3, -0.25) is 4.68 Å². The third-order valence-corrected chi connectivity index (χ3v) is 4.72. The minimum Gasteiger partial charge on any atom is -0.496 e. The summed E-state index contributed by atoms with van der Waals surface area (Å²) in [6, 6.07) is 9.20. The van der Waals surface area contributed by atoms with Crippen molar-refractivity contribution in [1.82, 2.24) is 9.78 Å². The van der Waals surface area contributed by atoms with E-state index < -0.39 is 21.4 Å². The summed E-state index contributed by atoms with van der Waals surface area (Å²) in [6.07, 6.45) is 1.44. The van der Waals surface area contributed by atoms with Gasteiger partial charge in [-0.2, -0.15) is 26.7 Å². The Kier molecular flexibility index (Phi) is 4.31. The van der Waals surface area contributed by atoms with Crippen molar-refractivity contribution in [2.24, 2.45) is 7.05 Å². The number of hydrogen-bond donors (Lipinski definition) is 0. The molecule has 6 nitrogen and oxygen atoms in total. The van der Waals surface area contributed by atoms with Crippen molar-refractivity contribution in [2.75, 3.05) is 7.11 Å². The monoisotopic (exact) mass is 386 g/mol. The third-order valence-electron chi connectivity index (χ3n) is 3.77. The average Bonchev–Trinajstić information content (AvgIpc) is 2.99. The highest BCUT2D eigenvalue weighted by atomic mass is 32.2. The fraction of sp³-hybridized carbons (Fsp3) is 0.188. The lowest BCUT2D eigenvalue weighted by atomic mass is 10.0. The zero-order valence-corrected chi connectivity index (χ0v) is 14.4. The quantitative estimate of drug-likeness (QED) is 0.507. The molecule has 26 heavy (non-hydrogen) atoms. The molecule has 0 fully saturated rings. The summed E-state index contributed by atoms with van der Waals surface area (Å²) in [6.45, 7) is 0. The molecule has 0 aliphatic rings. The van der Waals surface area contributed by atoms with Gasteiger partial charge in [0.15, 0.2) is 5.75 Å². The molecule has 0 aliphatic carbocycles. The minimum absolute atomic E-state index is 0.151. The predicted molar refractivity (Wildman–Crippen MR) is 88.3 cm³/mol. The largest absolute Gasteiger partial charge is 0.534 e. The van der Waals surface area contributed by atoms with E-state index in [1.807, 2.05) is 0 Å². The van der Waals surface area contributed by atoms with E-state index in [0.717, 1.165) is 0 Å². The van der Waals surface area contributed by atoms with Crippen LogP contribution in [0.4, 0.5) is 13.2 Å². The first-order chi connectivity index (χ1) is 12.2.